The van der Waals surface area contributed by atoms with E-state index in [0.717, 1.165) is 10.2 Å². The Morgan fingerprint density at radius 2 is 2.15 bits per heavy atom. The lowest BCUT2D eigenvalue weighted by Gasteiger charge is -2.24. The van der Waals surface area contributed by atoms with Crippen molar-refractivity contribution in [3.8, 4) is 0 Å². The van der Waals surface area contributed by atoms with Gasteiger partial charge in [-0.1, -0.05) is 22.0 Å². The van der Waals surface area contributed by atoms with E-state index in [1.165, 1.54) is 0 Å². The second kappa shape index (κ2) is 8.21. The van der Waals surface area contributed by atoms with Gasteiger partial charge < -0.3 is 15.5 Å². The van der Waals surface area contributed by atoms with Crippen molar-refractivity contribution in [1.29, 1.82) is 0 Å². The van der Waals surface area contributed by atoms with E-state index in [4.69, 9.17) is 12.2 Å². The van der Waals surface area contributed by atoms with Gasteiger partial charge >= 0.3 is 0 Å². The summed E-state index contributed by atoms with van der Waals surface area (Å²) < 4.78 is 0.978. The number of nitrogens with zero attached hydrogens (tertiary/aromatic N) is 1. The molecule has 6 heteroatoms. The van der Waals surface area contributed by atoms with Gasteiger partial charge in [-0.05, 0) is 51.2 Å². The van der Waals surface area contributed by atoms with Gasteiger partial charge in [-0.25, -0.2) is 0 Å². The molecule has 0 heterocycles. The largest absolute Gasteiger partial charge is 0.352 e. The van der Waals surface area contributed by atoms with E-state index < -0.39 is 0 Å². The molecule has 0 saturated carbocycles. The molecular weight excluding hydrogens is 338 g/mol. The Bertz CT molecular complexity index is 479. The molecule has 4 nitrogen and oxygen atoms in total. The van der Waals surface area contributed by atoms with E-state index >= 15 is 0 Å². The van der Waals surface area contributed by atoms with Gasteiger partial charge in [0.15, 0.2) is 5.11 Å². The van der Waals surface area contributed by atoms with Crippen LogP contribution in [0.4, 0.5) is 5.69 Å². The zero-order valence-corrected chi connectivity index (χ0v) is 14.3. The van der Waals surface area contributed by atoms with Gasteiger partial charge in [-0.15, -0.1) is 0 Å². The number of thiocarbonyl (C=S) groups is 1. The van der Waals surface area contributed by atoms with Crippen LogP contribution in [0.2, 0.25) is 0 Å². The predicted octanol–water partition coefficient (Wildman–Crippen LogP) is 2.99. The van der Waals surface area contributed by atoms with Crippen molar-refractivity contribution in [2.45, 2.75) is 26.8 Å². The Morgan fingerprint density at radius 3 is 2.70 bits per heavy atom. The molecule has 1 aromatic carbocycles. The first-order chi connectivity index (χ1) is 9.42. The molecule has 1 rings (SSSR count). The number of hydrogen-bond donors (Lipinski definition) is 2. The molecule has 0 bridgehead atoms. The van der Waals surface area contributed by atoms with Gasteiger partial charge in [0.2, 0.25) is 5.91 Å². The summed E-state index contributed by atoms with van der Waals surface area (Å²) in [5.74, 6) is -0.0276. The Morgan fingerprint density at radius 1 is 1.45 bits per heavy atom. The maximum Gasteiger partial charge on any atom is 0.239 e. The first-order valence-corrected chi connectivity index (χ1v) is 7.73. The summed E-state index contributed by atoms with van der Waals surface area (Å²) in [6, 6.07) is 7.87. The van der Waals surface area contributed by atoms with Crippen molar-refractivity contribution < 1.29 is 4.79 Å². The van der Waals surface area contributed by atoms with Gasteiger partial charge in [-0.2, -0.15) is 0 Å². The van der Waals surface area contributed by atoms with Crippen molar-refractivity contribution >= 4 is 44.9 Å². The van der Waals surface area contributed by atoms with Gasteiger partial charge in [0.1, 0.15) is 0 Å². The topological polar surface area (TPSA) is 44.4 Å². The molecule has 0 unspecified atom stereocenters. The lowest BCUT2D eigenvalue weighted by Crippen LogP contribution is -2.44. The number of carbonyl (C=O) groups excluding carboxylic acids is 1. The maximum absolute atomic E-state index is 11.8. The molecule has 0 aliphatic rings. The molecule has 2 N–H and O–H groups in total. The van der Waals surface area contributed by atoms with E-state index in [-0.39, 0.29) is 18.5 Å². The summed E-state index contributed by atoms with van der Waals surface area (Å²) in [5, 5.41) is 6.55. The van der Waals surface area contributed by atoms with Crippen LogP contribution >= 0.6 is 28.1 Å². The van der Waals surface area contributed by atoms with E-state index in [2.05, 4.69) is 26.6 Å². The number of carbonyl (C=O) groups is 1. The SMILES string of the molecule is CCN(CC(=O)NC(C)C)C(=S)Nc1cccc(Br)c1. The van der Waals surface area contributed by atoms with Gasteiger partial charge in [0.25, 0.3) is 0 Å². The van der Waals surface area contributed by atoms with Crippen LogP contribution in [-0.2, 0) is 4.79 Å². The minimum Gasteiger partial charge on any atom is -0.352 e. The number of nitrogens with one attached hydrogen (secondary N) is 2. The summed E-state index contributed by atoms with van der Waals surface area (Å²) in [5.41, 5.74) is 0.895. The van der Waals surface area contributed by atoms with Crippen LogP contribution in [0, 0.1) is 0 Å². The van der Waals surface area contributed by atoms with Gasteiger partial charge in [-0.3, -0.25) is 4.79 Å². The van der Waals surface area contributed by atoms with Crippen LogP contribution in [0.5, 0.6) is 0 Å². The number of likely N-dealkylation sites (N-methyl/N-ethyl adjacent to an activating group) is 1. The maximum atomic E-state index is 11.8. The third-order valence-corrected chi connectivity index (χ3v) is 3.38. The van der Waals surface area contributed by atoms with Crippen LogP contribution in [0.15, 0.2) is 28.7 Å². The highest BCUT2D eigenvalue weighted by Gasteiger charge is 2.13. The van der Waals surface area contributed by atoms with Crippen LogP contribution in [0.25, 0.3) is 0 Å². The molecule has 0 aromatic heterocycles. The Kier molecular flexibility index (Phi) is 6.95. The van der Waals surface area contributed by atoms with Crippen molar-refractivity contribution in [2.75, 3.05) is 18.4 Å². The second-order valence-electron chi connectivity index (χ2n) is 4.68. The normalized spacial score (nSPS) is 10.2. The molecule has 110 valence electrons. The highest BCUT2D eigenvalue weighted by molar-refractivity contribution is 9.10. The average molecular weight is 358 g/mol. The summed E-state index contributed by atoms with van der Waals surface area (Å²) in [6.07, 6.45) is 0. The molecule has 0 spiro atoms. The molecule has 0 aliphatic heterocycles. The third-order valence-electron chi connectivity index (χ3n) is 2.53. The fourth-order valence-electron chi connectivity index (χ4n) is 1.64. The number of anilines is 1. The Hall–Kier alpha value is -1.14. The number of hydrogen-bond acceptors (Lipinski definition) is 2. The molecule has 0 aliphatic carbocycles. The van der Waals surface area contributed by atoms with E-state index in [9.17, 15) is 4.79 Å². The predicted molar refractivity (Wildman–Crippen MR) is 90.9 cm³/mol. The average Bonchev–Trinajstić information content (AvgIpc) is 2.34. The van der Waals surface area contributed by atoms with E-state index in [1.54, 1.807) is 0 Å². The molecular formula is C14H20BrN3OS. The first-order valence-electron chi connectivity index (χ1n) is 6.53. The zero-order chi connectivity index (χ0) is 15.1. The molecule has 0 fully saturated rings. The van der Waals surface area contributed by atoms with Crippen molar-refractivity contribution in [1.82, 2.24) is 10.2 Å². The second-order valence-corrected chi connectivity index (χ2v) is 5.98. The minimum atomic E-state index is -0.0276. The van der Waals surface area contributed by atoms with Crippen molar-refractivity contribution in [3.63, 3.8) is 0 Å². The molecule has 0 atom stereocenters. The zero-order valence-electron chi connectivity index (χ0n) is 11.9. The lowest BCUT2D eigenvalue weighted by molar-refractivity contribution is -0.121. The standard InChI is InChI=1S/C14H20BrN3OS/c1-4-18(9-13(19)16-10(2)3)14(20)17-12-7-5-6-11(15)8-12/h5-8,10H,4,9H2,1-3H3,(H,16,19)(H,17,20). The summed E-state index contributed by atoms with van der Waals surface area (Å²) >= 11 is 8.76. The fourth-order valence-corrected chi connectivity index (χ4v) is 2.35. The molecule has 1 amide bonds. The smallest absolute Gasteiger partial charge is 0.239 e. The molecule has 0 saturated heterocycles. The number of halogens is 1. The number of amides is 1. The van der Waals surface area contributed by atoms with Crippen LogP contribution in [0.3, 0.4) is 0 Å². The molecule has 1 aromatic rings. The number of benzene rings is 1. The van der Waals surface area contributed by atoms with Crippen LogP contribution < -0.4 is 10.6 Å². The molecule has 0 radical (unpaired) electrons. The van der Waals surface area contributed by atoms with E-state index in [0.29, 0.717) is 11.7 Å². The van der Waals surface area contributed by atoms with Crippen LogP contribution in [0.1, 0.15) is 20.8 Å². The van der Waals surface area contributed by atoms with Crippen molar-refractivity contribution in [3.05, 3.63) is 28.7 Å². The third kappa shape index (κ3) is 5.88. The Balaban J connectivity index is 2.61. The van der Waals surface area contributed by atoms with E-state index in [1.807, 2.05) is 49.9 Å². The fraction of sp³-hybridized carbons (Fsp3) is 0.429. The monoisotopic (exact) mass is 357 g/mol. The van der Waals surface area contributed by atoms with Crippen molar-refractivity contribution in [2.24, 2.45) is 0 Å². The highest BCUT2D eigenvalue weighted by Crippen LogP contribution is 2.16. The molecule has 20 heavy (non-hydrogen) atoms. The number of rotatable bonds is 5. The lowest BCUT2D eigenvalue weighted by atomic mass is 10.3. The minimum absolute atomic E-state index is 0.0276. The van der Waals surface area contributed by atoms with Gasteiger partial charge in [0, 0.05) is 22.7 Å². The highest BCUT2D eigenvalue weighted by atomic mass is 79.9. The van der Waals surface area contributed by atoms with Gasteiger partial charge in [0.05, 0.1) is 6.54 Å². The quantitative estimate of drug-likeness (QED) is 0.795. The summed E-state index contributed by atoms with van der Waals surface area (Å²) in [4.78, 5) is 13.6. The summed E-state index contributed by atoms with van der Waals surface area (Å²) in [7, 11) is 0. The Labute approximate surface area is 134 Å². The van der Waals surface area contributed by atoms with Crippen LogP contribution in [-0.4, -0.2) is 35.1 Å². The summed E-state index contributed by atoms with van der Waals surface area (Å²) in [6.45, 7) is 6.77. The first kappa shape index (κ1) is 16.9.